The maximum absolute atomic E-state index is 5.75. The topological polar surface area (TPSA) is 26.0 Å². The van der Waals surface area contributed by atoms with Crippen LogP contribution in [0.25, 0.3) is 0 Å². The average molecular weight is 231 g/mol. The zero-order valence-electron chi connectivity index (χ0n) is 11.4. The summed E-state index contributed by atoms with van der Waals surface area (Å²) in [5, 5.41) is 0. The zero-order valence-corrected chi connectivity index (χ0v) is 11.4. The maximum Gasteiger partial charge on any atom is -0.00744 e. The van der Waals surface area contributed by atoms with Crippen molar-refractivity contribution in [2.75, 3.05) is 6.54 Å². The first-order valence-electron chi connectivity index (χ1n) is 6.88. The molecule has 17 heavy (non-hydrogen) atoms. The van der Waals surface area contributed by atoms with Gasteiger partial charge in [0.05, 0.1) is 0 Å². The molecular formula is C16H25N. The average Bonchev–Trinajstić information content (AvgIpc) is 3.05. The van der Waals surface area contributed by atoms with Gasteiger partial charge in [0, 0.05) is 0 Å². The molecule has 0 spiro atoms. The minimum absolute atomic E-state index is 0.820. The van der Waals surface area contributed by atoms with E-state index in [0.29, 0.717) is 0 Å². The van der Waals surface area contributed by atoms with E-state index >= 15 is 0 Å². The fraction of sp³-hybridized carbons (Fsp3) is 0.625. The normalized spacial score (nSPS) is 17.2. The number of hydrogen-bond acceptors (Lipinski definition) is 1. The summed E-state index contributed by atoms with van der Waals surface area (Å²) in [6.45, 7) is 7.52. The van der Waals surface area contributed by atoms with Crippen LogP contribution >= 0.6 is 0 Å². The zero-order chi connectivity index (χ0) is 12.4. The summed E-state index contributed by atoms with van der Waals surface area (Å²) in [4.78, 5) is 0. The highest BCUT2D eigenvalue weighted by Crippen LogP contribution is 2.40. The Morgan fingerprint density at radius 1 is 1.18 bits per heavy atom. The maximum atomic E-state index is 5.75. The summed E-state index contributed by atoms with van der Waals surface area (Å²) in [6.07, 6.45) is 5.28. The van der Waals surface area contributed by atoms with E-state index in [4.69, 9.17) is 5.73 Å². The molecular weight excluding hydrogens is 206 g/mol. The van der Waals surface area contributed by atoms with Gasteiger partial charge < -0.3 is 5.73 Å². The van der Waals surface area contributed by atoms with Gasteiger partial charge in [-0.05, 0) is 81.5 Å². The minimum atomic E-state index is 0.820. The summed E-state index contributed by atoms with van der Waals surface area (Å²) in [5.74, 6) is 1.78. The Balaban J connectivity index is 2.16. The molecule has 0 heterocycles. The highest BCUT2D eigenvalue weighted by Gasteiger charge is 2.30. The van der Waals surface area contributed by atoms with Crippen molar-refractivity contribution in [3.63, 3.8) is 0 Å². The van der Waals surface area contributed by atoms with Crippen molar-refractivity contribution in [2.45, 2.75) is 46.5 Å². The molecule has 1 aromatic carbocycles. The molecule has 1 fully saturated rings. The van der Waals surface area contributed by atoms with Crippen molar-refractivity contribution in [3.05, 3.63) is 34.4 Å². The molecule has 1 aromatic rings. The van der Waals surface area contributed by atoms with Crippen LogP contribution in [0.4, 0.5) is 0 Å². The van der Waals surface area contributed by atoms with Crippen molar-refractivity contribution in [1.29, 1.82) is 0 Å². The smallest absolute Gasteiger partial charge is 0.00744 e. The van der Waals surface area contributed by atoms with Crippen LogP contribution in [0.15, 0.2) is 12.1 Å². The van der Waals surface area contributed by atoms with Gasteiger partial charge in [-0.25, -0.2) is 0 Å². The van der Waals surface area contributed by atoms with E-state index in [1.807, 2.05) is 0 Å². The molecule has 0 saturated heterocycles. The molecule has 2 N–H and O–H groups in total. The molecule has 94 valence electrons. The Labute approximate surface area is 105 Å². The predicted molar refractivity (Wildman–Crippen MR) is 74.2 cm³/mol. The number of aryl methyl sites for hydroxylation is 3. The molecule has 1 unspecified atom stereocenters. The van der Waals surface area contributed by atoms with E-state index in [-0.39, 0.29) is 0 Å². The summed E-state index contributed by atoms with van der Waals surface area (Å²) in [7, 11) is 0. The largest absolute Gasteiger partial charge is 0.330 e. The van der Waals surface area contributed by atoms with E-state index in [0.717, 1.165) is 18.4 Å². The van der Waals surface area contributed by atoms with Gasteiger partial charge in [-0.2, -0.15) is 0 Å². The molecule has 2 rings (SSSR count). The number of nitrogens with two attached hydrogens (primary N) is 1. The Bertz CT molecular complexity index is 368. The first-order valence-corrected chi connectivity index (χ1v) is 6.88. The monoisotopic (exact) mass is 231 g/mol. The van der Waals surface area contributed by atoms with Crippen molar-refractivity contribution < 1.29 is 0 Å². The fourth-order valence-corrected chi connectivity index (χ4v) is 3.08. The summed E-state index contributed by atoms with van der Waals surface area (Å²) in [5.41, 5.74) is 11.6. The molecule has 1 heteroatoms. The molecule has 0 aliphatic heterocycles. The molecule has 0 amide bonds. The minimum Gasteiger partial charge on any atom is -0.330 e. The van der Waals surface area contributed by atoms with Crippen LogP contribution in [0.5, 0.6) is 0 Å². The molecule has 1 saturated carbocycles. The summed E-state index contributed by atoms with van der Waals surface area (Å²) in [6, 6.07) is 4.63. The van der Waals surface area contributed by atoms with Crippen molar-refractivity contribution in [3.8, 4) is 0 Å². The lowest BCUT2D eigenvalue weighted by atomic mass is 9.87. The standard InChI is InChI=1S/C16H25N/c1-11-8-12(2)16(13(3)9-11)10-15(6-7-17)14-4-5-14/h8-9,14-15H,4-7,10,17H2,1-3H3. The lowest BCUT2D eigenvalue weighted by molar-refractivity contribution is 0.430. The van der Waals surface area contributed by atoms with Crippen LogP contribution in [-0.4, -0.2) is 6.54 Å². The Morgan fingerprint density at radius 3 is 2.24 bits per heavy atom. The van der Waals surface area contributed by atoms with Crippen molar-refractivity contribution >= 4 is 0 Å². The van der Waals surface area contributed by atoms with Crippen molar-refractivity contribution in [1.82, 2.24) is 0 Å². The predicted octanol–water partition coefficient (Wildman–Crippen LogP) is 3.53. The third-order valence-corrected chi connectivity index (χ3v) is 4.13. The lowest BCUT2D eigenvalue weighted by Crippen LogP contribution is -2.14. The lowest BCUT2D eigenvalue weighted by Gasteiger charge is -2.19. The van der Waals surface area contributed by atoms with E-state index in [9.17, 15) is 0 Å². The van der Waals surface area contributed by atoms with Crippen LogP contribution in [0.3, 0.4) is 0 Å². The molecule has 1 nitrogen and oxygen atoms in total. The van der Waals surface area contributed by atoms with Crippen LogP contribution in [0.1, 0.15) is 41.5 Å². The molecule has 0 aromatic heterocycles. The molecule has 1 aliphatic rings. The van der Waals surface area contributed by atoms with Gasteiger partial charge in [0.1, 0.15) is 0 Å². The molecule has 1 aliphatic carbocycles. The Hall–Kier alpha value is -0.820. The highest BCUT2D eigenvalue weighted by molar-refractivity contribution is 5.37. The first kappa shape index (κ1) is 12.6. The number of benzene rings is 1. The van der Waals surface area contributed by atoms with Gasteiger partial charge in [-0.15, -0.1) is 0 Å². The van der Waals surface area contributed by atoms with Crippen LogP contribution < -0.4 is 5.73 Å². The fourth-order valence-electron chi connectivity index (χ4n) is 3.08. The third-order valence-electron chi connectivity index (χ3n) is 4.13. The van der Waals surface area contributed by atoms with E-state index in [1.165, 1.54) is 42.4 Å². The van der Waals surface area contributed by atoms with Gasteiger partial charge in [0.15, 0.2) is 0 Å². The summed E-state index contributed by atoms with van der Waals surface area (Å²) < 4.78 is 0. The van der Waals surface area contributed by atoms with Gasteiger partial charge in [0.2, 0.25) is 0 Å². The van der Waals surface area contributed by atoms with Gasteiger partial charge in [0.25, 0.3) is 0 Å². The van der Waals surface area contributed by atoms with Gasteiger partial charge in [-0.3, -0.25) is 0 Å². The van der Waals surface area contributed by atoms with Gasteiger partial charge >= 0.3 is 0 Å². The number of rotatable bonds is 5. The SMILES string of the molecule is Cc1cc(C)c(CC(CCN)C2CC2)c(C)c1. The third kappa shape index (κ3) is 3.10. The van der Waals surface area contributed by atoms with E-state index < -0.39 is 0 Å². The Kier molecular flexibility index (Phi) is 3.88. The summed E-state index contributed by atoms with van der Waals surface area (Å²) >= 11 is 0. The van der Waals surface area contributed by atoms with Crippen molar-refractivity contribution in [2.24, 2.45) is 17.6 Å². The Morgan fingerprint density at radius 2 is 1.76 bits per heavy atom. The van der Waals surface area contributed by atoms with Crippen LogP contribution in [0.2, 0.25) is 0 Å². The van der Waals surface area contributed by atoms with Gasteiger partial charge in [-0.1, -0.05) is 17.7 Å². The second kappa shape index (κ2) is 5.22. The molecule has 1 atom stereocenters. The molecule has 0 radical (unpaired) electrons. The van der Waals surface area contributed by atoms with E-state index in [2.05, 4.69) is 32.9 Å². The second-order valence-corrected chi connectivity index (χ2v) is 5.76. The number of hydrogen-bond donors (Lipinski definition) is 1. The van der Waals surface area contributed by atoms with Crippen LogP contribution in [-0.2, 0) is 6.42 Å². The highest BCUT2D eigenvalue weighted by atomic mass is 14.5. The van der Waals surface area contributed by atoms with Crippen LogP contribution in [0, 0.1) is 32.6 Å². The van der Waals surface area contributed by atoms with E-state index in [1.54, 1.807) is 5.56 Å². The first-order chi connectivity index (χ1) is 8.11. The quantitative estimate of drug-likeness (QED) is 0.824. The second-order valence-electron chi connectivity index (χ2n) is 5.76. The molecule has 0 bridgehead atoms.